The van der Waals surface area contributed by atoms with Crippen LogP contribution in [0.4, 0.5) is 0 Å². The highest BCUT2D eigenvalue weighted by atomic mass is 16.5. The maximum atomic E-state index is 12.5. The van der Waals surface area contributed by atoms with Gasteiger partial charge in [0.25, 0.3) is 0 Å². The van der Waals surface area contributed by atoms with E-state index in [0.29, 0.717) is 19.4 Å². The summed E-state index contributed by atoms with van der Waals surface area (Å²) in [5.41, 5.74) is 0. The van der Waals surface area contributed by atoms with E-state index >= 15 is 0 Å². The van der Waals surface area contributed by atoms with E-state index in [1.807, 2.05) is 6.08 Å². The molecular formula is C71H135NO5. The first-order chi connectivity index (χ1) is 38.0. The number of unbranched alkanes of at least 4 members (excludes halogenated alkanes) is 50. The molecule has 0 aliphatic carbocycles. The third kappa shape index (κ3) is 63.1. The molecule has 0 bridgehead atoms. The molecule has 2 unspecified atom stereocenters. The number of esters is 1. The van der Waals surface area contributed by atoms with Crippen LogP contribution in [0.2, 0.25) is 0 Å². The van der Waals surface area contributed by atoms with Crippen LogP contribution < -0.4 is 5.32 Å². The number of hydrogen-bond donors (Lipinski definition) is 3. The van der Waals surface area contributed by atoms with Crippen molar-refractivity contribution in [2.45, 2.75) is 392 Å². The third-order valence-corrected chi connectivity index (χ3v) is 16.1. The van der Waals surface area contributed by atoms with Crippen molar-refractivity contribution < 1.29 is 24.5 Å². The molecule has 77 heavy (non-hydrogen) atoms. The van der Waals surface area contributed by atoms with Crippen molar-refractivity contribution in [1.29, 1.82) is 0 Å². The topological polar surface area (TPSA) is 95.9 Å². The minimum Gasteiger partial charge on any atom is -0.466 e. The van der Waals surface area contributed by atoms with Gasteiger partial charge in [0, 0.05) is 12.8 Å². The van der Waals surface area contributed by atoms with E-state index in [1.54, 1.807) is 6.08 Å². The minimum atomic E-state index is -0.841. The fraction of sp³-hybridized carbons (Fsp3) is 0.887. The van der Waals surface area contributed by atoms with Gasteiger partial charge in [0.15, 0.2) is 0 Å². The Labute approximate surface area is 481 Å². The highest BCUT2D eigenvalue weighted by molar-refractivity contribution is 5.76. The van der Waals surface area contributed by atoms with Gasteiger partial charge in [0.05, 0.1) is 25.4 Å². The SMILES string of the molecule is CCCCCCC/C=C\CCCCCCCC(=O)OCCCCCCCCCCCCCC/C=C\CCCCCCCCCCCCCCCCCCCC(=O)NC(CO)C(O)/C=C/CCCCCCCCCCCCC. The molecular weight excluding hydrogens is 947 g/mol. The summed E-state index contributed by atoms with van der Waals surface area (Å²) >= 11 is 0. The summed E-state index contributed by atoms with van der Waals surface area (Å²) in [7, 11) is 0. The van der Waals surface area contributed by atoms with E-state index in [1.165, 1.54) is 308 Å². The molecule has 2 atom stereocenters. The number of ether oxygens (including phenoxy) is 1. The molecule has 6 nitrogen and oxygen atoms in total. The summed E-state index contributed by atoms with van der Waals surface area (Å²) in [5.74, 6) is -0.0537. The molecule has 454 valence electrons. The van der Waals surface area contributed by atoms with Crippen molar-refractivity contribution in [2.24, 2.45) is 0 Å². The van der Waals surface area contributed by atoms with Gasteiger partial charge in [-0.15, -0.1) is 0 Å². The molecule has 0 aromatic carbocycles. The Morgan fingerprint density at radius 1 is 0.351 bits per heavy atom. The number of amides is 1. The lowest BCUT2D eigenvalue weighted by Gasteiger charge is -2.20. The maximum absolute atomic E-state index is 12.5. The van der Waals surface area contributed by atoms with E-state index in [4.69, 9.17) is 4.74 Å². The average molecular weight is 1080 g/mol. The van der Waals surface area contributed by atoms with Crippen molar-refractivity contribution in [3.05, 3.63) is 36.5 Å². The lowest BCUT2D eigenvalue weighted by Crippen LogP contribution is -2.45. The maximum Gasteiger partial charge on any atom is 0.305 e. The smallest absolute Gasteiger partial charge is 0.305 e. The summed E-state index contributed by atoms with van der Waals surface area (Å²) in [5, 5.41) is 23.1. The zero-order valence-corrected chi connectivity index (χ0v) is 52.0. The van der Waals surface area contributed by atoms with E-state index in [2.05, 4.69) is 43.5 Å². The number of aliphatic hydroxyl groups excluding tert-OH is 2. The number of hydrogen-bond acceptors (Lipinski definition) is 5. The van der Waals surface area contributed by atoms with Gasteiger partial charge in [0.2, 0.25) is 5.91 Å². The van der Waals surface area contributed by atoms with Gasteiger partial charge < -0.3 is 20.3 Å². The van der Waals surface area contributed by atoms with Crippen LogP contribution in [0.1, 0.15) is 380 Å². The van der Waals surface area contributed by atoms with Crippen LogP contribution >= 0.6 is 0 Å². The van der Waals surface area contributed by atoms with E-state index in [9.17, 15) is 19.8 Å². The summed E-state index contributed by atoms with van der Waals surface area (Å²) in [6, 6.07) is -0.625. The largest absolute Gasteiger partial charge is 0.466 e. The van der Waals surface area contributed by atoms with Crippen LogP contribution in [-0.4, -0.2) is 47.4 Å². The second kappa shape index (κ2) is 66.6. The number of nitrogens with one attached hydrogen (secondary N) is 1. The van der Waals surface area contributed by atoms with Gasteiger partial charge in [-0.2, -0.15) is 0 Å². The van der Waals surface area contributed by atoms with Crippen LogP contribution in [0.25, 0.3) is 0 Å². The van der Waals surface area contributed by atoms with Gasteiger partial charge in [-0.1, -0.05) is 320 Å². The molecule has 0 saturated carbocycles. The first-order valence-electron chi connectivity index (χ1n) is 34.8. The standard InChI is InChI=1S/C71H135NO5/c1-3-5-7-9-11-13-15-17-41-45-49-53-57-61-65-71(76)77-66-62-58-54-50-46-42-38-36-34-32-30-28-26-24-22-20-18-19-21-23-25-27-29-31-33-35-37-40-44-48-52-56-60-64-70(75)72-68(67-73)69(74)63-59-55-51-47-43-39-16-14-12-10-8-6-4-2/h15,17,22,24,59,63,68-69,73-74H,3-14,16,18-21,23,25-58,60-62,64-67H2,1-2H3,(H,72,75)/b17-15-,24-22-,63-59+. The van der Waals surface area contributed by atoms with Crippen LogP contribution in [-0.2, 0) is 14.3 Å². The molecule has 0 spiro atoms. The molecule has 0 aliphatic rings. The summed E-state index contributed by atoms with van der Waals surface area (Å²) in [4.78, 5) is 24.5. The molecule has 0 aliphatic heterocycles. The van der Waals surface area contributed by atoms with Crippen molar-refractivity contribution in [1.82, 2.24) is 5.32 Å². The average Bonchev–Trinajstić information content (AvgIpc) is 3.43. The van der Waals surface area contributed by atoms with Crippen molar-refractivity contribution in [2.75, 3.05) is 13.2 Å². The van der Waals surface area contributed by atoms with Crippen LogP contribution in [0.3, 0.4) is 0 Å². The lowest BCUT2D eigenvalue weighted by molar-refractivity contribution is -0.143. The molecule has 0 aromatic heterocycles. The first kappa shape index (κ1) is 75.1. The highest BCUT2D eigenvalue weighted by Gasteiger charge is 2.18. The number of carbonyl (C=O) groups excluding carboxylic acids is 2. The molecule has 0 aromatic rings. The molecule has 6 heteroatoms. The van der Waals surface area contributed by atoms with Gasteiger partial charge in [-0.05, 0) is 83.5 Å². The van der Waals surface area contributed by atoms with Crippen molar-refractivity contribution >= 4 is 11.9 Å². The fourth-order valence-electron chi connectivity index (χ4n) is 10.8. The Kier molecular flexibility index (Phi) is 64.9. The summed E-state index contributed by atoms with van der Waals surface area (Å²) in [6.07, 6.45) is 85.2. The Balaban J connectivity index is 3.35. The predicted octanol–water partition coefficient (Wildman–Crippen LogP) is 22.3. The van der Waals surface area contributed by atoms with Gasteiger partial charge in [-0.3, -0.25) is 9.59 Å². The number of rotatable bonds is 65. The monoisotopic (exact) mass is 1080 g/mol. The molecule has 3 N–H and O–H groups in total. The molecule has 0 fully saturated rings. The lowest BCUT2D eigenvalue weighted by atomic mass is 10.0. The quantitative estimate of drug-likeness (QED) is 0.0320. The molecule has 0 radical (unpaired) electrons. The zero-order chi connectivity index (χ0) is 55.7. The summed E-state index contributed by atoms with van der Waals surface area (Å²) < 4.78 is 5.49. The second-order valence-electron chi connectivity index (χ2n) is 23.9. The third-order valence-electron chi connectivity index (χ3n) is 16.1. The molecule has 0 heterocycles. The van der Waals surface area contributed by atoms with E-state index in [-0.39, 0.29) is 18.5 Å². The highest BCUT2D eigenvalue weighted by Crippen LogP contribution is 2.18. The van der Waals surface area contributed by atoms with E-state index in [0.717, 1.165) is 44.9 Å². The summed E-state index contributed by atoms with van der Waals surface area (Å²) in [6.45, 7) is 4.91. The first-order valence-corrected chi connectivity index (χ1v) is 34.8. The van der Waals surface area contributed by atoms with Crippen LogP contribution in [0, 0.1) is 0 Å². The number of allylic oxidation sites excluding steroid dienone is 5. The minimum absolute atomic E-state index is 0.0101. The Morgan fingerprint density at radius 2 is 0.610 bits per heavy atom. The Hall–Kier alpha value is -1.92. The Bertz CT molecular complexity index is 1250. The molecule has 0 saturated heterocycles. The van der Waals surface area contributed by atoms with Crippen LogP contribution in [0.15, 0.2) is 36.5 Å². The fourth-order valence-corrected chi connectivity index (χ4v) is 10.8. The number of aliphatic hydroxyl groups is 2. The predicted molar refractivity (Wildman–Crippen MR) is 338 cm³/mol. The molecule has 0 rings (SSSR count). The van der Waals surface area contributed by atoms with Gasteiger partial charge in [0.1, 0.15) is 0 Å². The normalized spacial score (nSPS) is 12.7. The number of carbonyl (C=O) groups is 2. The van der Waals surface area contributed by atoms with E-state index < -0.39 is 12.1 Å². The Morgan fingerprint density at radius 3 is 0.922 bits per heavy atom. The van der Waals surface area contributed by atoms with Gasteiger partial charge >= 0.3 is 5.97 Å². The molecule has 1 amide bonds. The zero-order valence-electron chi connectivity index (χ0n) is 52.0. The second-order valence-corrected chi connectivity index (χ2v) is 23.9. The van der Waals surface area contributed by atoms with Crippen molar-refractivity contribution in [3.63, 3.8) is 0 Å². The van der Waals surface area contributed by atoms with Crippen molar-refractivity contribution in [3.8, 4) is 0 Å². The van der Waals surface area contributed by atoms with Gasteiger partial charge in [-0.25, -0.2) is 0 Å². The van der Waals surface area contributed by atoms with Crippen LogP contribution in [0.5, 0.6) is 0 Å².